The minimum Gasteiger partial charge on any atom is -0.0763 e. The van der Waals surface area contributed by atoms with Crippen molar-refractivity contribution in [2.45, 2.75) is 12.3 Å². The second-order valence-electron chi connectivity index (χ2n) is 14.5. The lowest BCUT2D eigenvalue weighted by molar-refractivity contribution is 1.19. The van der Waals surface area contributed by atoms with Crippen molar-refractivity contribution in [1.29, 1.82) is 0 Å². The third kappa shape index (κ3) is 4.47. The van der Waals surface area contributed by atoms with Crippen LogP contribution in [0.25, 0.3) is 5.57 Å². The molecule has 0 bridgehead atoms. The van der Waals surface area contributed by atoms with Crippen molar-refractivity contribution < 1.29 is 0 Å². The van der Waals surface area contributed by atoms with Gasteiger partial charge in [-0.25, -0.2) is 0 Å². The van der Waals surface area contributed by atoms with Gasteiger partial charge in [0.05, 0.1) is 17.0 Å². The molecule has 4 heteroatoms. The zero-order valence-corrected chi connectivity index (χ0v) is 33.0. The Labute approximate surface area is 320 Å². The van der Waals surface area contributed by atoms with Crippen LogP contribution < -0.4 is 42.4 Å². The van der Waals surface area contributed by atoms with E-state index in [-0.39, 0.29) is 0 Å². The van der Waals surface area contributed by atoms with Crippen LogP contribution >= 0.6 is 30.2 Å². The summed E-state index contributed by atoms with van der Waals surface area (Å²) < 4.78 is 0. The summed E-state index contributed by atoms with van der Waals surface area (Å²) in [7, 11) is -2.51. The van der Waals surface area contributed by atoms with Crippen LogP contribution in [0.5, 0.6) is 0 Å². The number of rotatable bonds is 4. The van der Waals surface area contributed by atoms with Gasteiger partial charge in [0.15, 0.2) is 72.6 Å². The van der Waals surface area contributed by atoms with Crippen molar-refractivity contribution in [1.82, 2.24) is 0 Å². The van der Waals surface area contributed by atoms with Crippen molar-refractivity contribution in [3.63, 3.8) is 0 Å². The molecule has 0 amide bonds. The van der Waals surface area contributed by atoms with Gasteiger partial charge in [-0.1, -0.05) is 97.1 Å². The zero-order valence-electron chi connectivity index (χ0n) is 29.5. The number of hydrogen-bond donors (Lipinski definition) is 0. The lowest BCUT2D eigenvalue weighted by atomic mass is 9.93. The highest BCUT2D eigenvalue weighted by molar-refractivity contribution is 7.86. The third-order valence-corrected chi connectivity index (χ3v) is 22.3. The maximum Gasteiger partial charge on any atom is 0.217 e. The van der Waals surface area contributed by atoms with Gasteiger partial charge in [0.25, 0.3) is 0 Å². The summed E-state index contributed by atoms with van der Waals surface area (Å²) >= 11 is 0. The molecule has 54 heavy (non-hydrogen) atoms. The van der Waals surface area contributed by atoms with Gasteiger partial charge in [0, 0.05) is 29.2 Å². The van der Waals surface area contributed by atoms with Gasteiger partial charge in [0.1, 0.15) is 10.6 Å². The van der Waals surface area contributed by atoms with Crippen LogP contribution in [0.1, 0.15) is 34.6 Å². The molecule has 5 atom stereocenters. The monoisotopic (exact) mass is 758 g/mol. The summed E-state index contributed by atoms with van der Waals surface area (Å²) in [6.07, 6.45) is 17.4. The van der Waals surface area contributed by atoms with E-state index < -0.39 is 30.2 Å². The van der Waals surface area contributed by atoms with E-state index in [1.807, 2.05) is 0 Å². The molecule has 4 aliphatic heterocycles. The van der Waals surface area contributed by atoms with Crippen LogP contribution in [0.3, 0.4) is 0 Å². The predicted molar refractivity (Wildman–Crippen MR) is 244 cm³/mol. The molecule has 0 saturated carbocycles. The molecule has 0 radical (unpaired) electrons. The Bertz CT molecular complexity index is 2930. The molecule has 6 aromatic rings. The molecular formula is C50H34P4+4. The van der Waals surface area contributed by atoms with E-state index in [0.29, 0.717) is 5.92 Å². The molecule has 12 rings (SSSR count). The first-order chi connectivity index (χ1) is 26.8. The topological polar surface area (TPSA) is 0 Å². The molecule has 0 saturated heterocycles. The largest absolute Gasteiger partial charge is 0.217 e. The van der Waals surface area contributed by atoms with E-state index >= 15 is 0 Å². The standard InChI is InChI=1S/C50H34P4/c1-3-15-33(16-4-1)51-43-23-11-7-19-37(43)41-31-35(27-29-47(41)51)53-45-25-13-9-21-39(45)50-49(53)40-22-10-14-26-46(40)54(50)36-28-30-48-42(32-36)38-20-8-12-24-44(38)52(48)34-17-5-2-6-18-34/h1-23,25-32,37H,24H2/q+4. The average Bonchev–Trinajstić information content (AvgIpc) is 3.96. The first-order valence-corrected chi connectivity index (χ1v) is 24.2. The van der Waals surface area contributed by atoms with Crippen LogP contribution in [0.4, 0.5) is 0 Å². The van der Waals surface area contributed by atoms with E-state index in [4.69, 9.17) is 0 Å². The molecule has 6 aromatic carbocycles. The summed E-state index contributed by atoms with van der Waals surface area (Å²) in [6, 6.07) is 56.5. The molecule has 0 spiro atoms. The van der Waals surface area contributed by atoms with Gasteiger partial charge in [-0.05, 0) is 84.9 Å². The SMILES string of the molecule is C1=CCC2=[P+](c3ccccc3)c3ccc([P+]4=C5C(=[P+](c6ccc7c(c6)C6C=CC=CC6=[P+]7c6ccccc6)c6ccccc65)c5ccccc54)cc3C2=C1. The predicted octanol–water partition coefficient (Wildman–Crippen LogP) is 8.11. The number of allylic oxidation sites excluding steroid dienone is 8. The Morgan fingerprint density at radius 3 is 1.74 bits per heavy atom. The fraction of sp³-hybridized carbons (Fsp3) is 0.0400. The van der Waals surface area contributed by atoms with Gasteiger partial charge < -0.3 is 0 Å². The van der Waals surface area contributed by atoms with Crippen molar-refractivity contribution >= 4 is 99.4 Å². The molecule has 6 aliphatic rings. The number of hydrogen-bond acceptors (Lipinski definition) is 0. The highest BCUT2D eigenvalue weighted by Gasteiger charge is 2.54. The van der Waals surface area contributed by atoms with Crippen LogP contribution in [0.2, 0.25) is 0 Å². The first-order valence-electron chi connectivity index (χ1n) is 18.8. The van der Waals surface area contributed by atoms with Gasteiger partial charge in [-0.3, -0.25) is 0 Å². The second-order valence-corrected chi connectivity index (χ2v) is 23.1. The van der Waals surface area contributed by atoms with Crippen LogP contribution in [0, 0.1) is 0 Å². The normalized spacial score (nSPS) is 20.7. The maximum atomic E-state index is 2.62. The van der Waals surface area contributed by atoms with Crippen LogP contribution in [0.15, 0.2) is 188 Å². The number of benzene rings is 6. The Hall–Kier alpha value is -5.04. The Balaban J connectivity index is 1.07. The average molecular weight is 759 g/mol. The van der Waals surface area contributed by atoms with Gasteiger partial charge in [-0.15, -0.1) is 0 Å². The third-order valence-electron chi connectivity index (χ3n) is 11.7. The van der Waals surface area contributed by atoms with E-state index in [1.54, 1.807) is 21.2 Å². The van der Waals surface area contributed by atoms with E-state index in [2.05, 4.69) is 188 Å². The smallest absolute Gasteiger partial charge is 0.0763 e. The molecule has 250 valence electrons. The summed E-state index contributed by atoms with van der Waals surface area (Å²) in [6.45, 7) is 0. The maximum absolute atomic E-state index is 2.62. The minimum absolute atomic E-state index is 0.351. The molecule has 0 nitrogen and oxygen atoms in total. The minimum atomic E-state index is -0.728. The Kier molecular flexibility index (Phi) is 7.10. The van der Waals surface area contributed by atoms with Crippen molar-refractivity contribution in [3.8, 4) is 0 Å². The highest BCUT2D eigenvalue weighted by atomic mass is 31.1. The summed E-state index contributed by atoms with van der Waals surface area (Å²) in [5.41, 5.74) is 7.38. The first kappa shape index (κ1) is 31.3. The van der Waals surface area contributed by atoms with Gasteiger partial charge >= 0.3 is 0 Å². The van der Waals surface area contributed by atoms with E-state index in [1.165, 1.54) is 70.3 Å². The van der Waals surface area contributed by atoms with Crippen molar-refractivity contribution in [2.75, 3.05) is 0 Å². The Morgan fingerprint density at radius 1 is 0.444 bits per heavy atom. The molecule has 4 heterocycles. The lowest BCUT2D eigenvalue weighted by Crippen LogP contribution is -2.17. The summed E-state index contributed by atoms with van der Waals surface area (Å²) in [4.78, 5) is 0. The quantitative estimate of drug-likeness (QED) is 0.160. The van der Waals surface area contributed by atoms with Gasteiger partial charge in [-0.2, -0.15) is 0 Å². The van der Waals surface area contributed by atoms with Crippen LogP contribution in [-0.4, -0.2) is 21.2 Å². The van der Waals surface area contributed by atoms with E-state index in [0.717, 1.165) is 6.42 Å². The number of fused-ring (bicyclic) bond motifs is 11. The van der Waals surface area contributed by atoms with Crippen molar-refractivity contribution in [2.24, 2.45) is 0 Å². The molecule has 0 N–H and O–H groups in total. The zero-order chi connectivity index (χ0) is 35.3. The molecule has 5 unspecified atom stereocenters. The Morgan fingerprint density at radius 2 is 1.04 bits per heavy atom. The van der Waals surface area contributed by atoms with Crippen molar-refractivity contribution in [3.05, 3.63) is 210 Å². The van der Waals surface area contributed by atoms with E-state index in [9.17, 15) is 0 Å². The highest BCUT2D eigenvalue weighted by Crippen LogP contribution is 2.49. The second kappa shape index (κ2) is 12.2. The molecule has 0 fully saturated rings. The molecule has 2 aliphatic carbocycles. The lowest BCUT2D eigenvalue weighted by Gasteiger charge is -2.07. The molecule has 0 aromatic heterocycles. The fourth-order valence-corrected chi connectivity index (χ4v) is 21.1. The summed E-state index contributed by atoms with van der Waals surface area (Å²) in [5.74, 6) is 0.351. The van der Waals surface area contributed by atoms with Gasteiger partial charge in [0.2, 0.25) is 10.6 Å². The van der Waals surface area contributed by atoms with Crippen LogP contribution in [-0.2, 0) is 0 Å². The fourth-order valence-electron chi connectivity index (χ4n) is 9.47. The molecular weight excluding hydrogens is 724 g/mol. The summed E-state index contributed by atoms with van der Waals surface area (Å²) in [5, 5.41) is 18.3.